The molecule has 0 aliphatic carbocycles. The second kappa shape index (κ2) is 5.78. The molecule has 1 aromatic rings. The van der Waals surface area contributed by atoms with E-state index < -0.39 is 10.0 Å². The smallest absolute Gasteiger partial charge is 0.261 e. The molecule has 1 N–H and O–H groups in total. The number of aryl methyl sites for hydroxylation is 1. The van der Waals surface area contributed by atoms with Gasteiger partial charge in [-0.1, -0.05) is 18.5 Å². The number of halogens is 1. The Hall–Kier alpha value is -0.630. The van der Waals surface area contributed by atoms with E-state index in [1.54, 1.807) is 7.05 Å². The van der Waals surface area contributed by atoms with Crippen LogP contribution in [0.4, 0.5) is 0 Å². The van der Waals surface area contributed by atoms with Gasteiger partial charge in [-0.2, -0.15) is 0 Å². The molecule has 1 atom stereocenters. The number of imidazole rings is 1. The third-order valence-electron chi connectivity index (χ3n) is 3.50. The molecule has 19 heavy (non-hydrogen) atoms. The Labute approximate surface area is 118 Å². The largest absolute Gasteiger partial charge is 0.324 e. The van der Waals surface area contributed by atoms with E-state index in [0.717, 1.165) is 25.9 Å². The summed E-state index contributed by atoms with van der Waals surface area (Å²) < 4.78 is 28.3. The first kappa shape index (κ1) is 14.8. The summed E-state index contributed by atoms with van der Waals surface area (Å²) >= 11 is 5.92. The molecule has 0 saturated carbocycles. The minimum atomic E-state index is -3.63. The highest BCUT2D eigenvalue weighted by atomic mass is 35.5. The van der Waals surface area contributed by atoms with Crippen molar-refractivity contribution >= 4 is 21.6 Å². The predicted molar refractivity (Wildman–Crippen MR) is 73.7 cm³/mol. The fourth-order valence-corrected chi connectivity index (χ4v) is 3.89. The van der Waals surface area contributed by atoms with Crippen molar-refractivity contribution in [2.45, 2.75) is 30.8 Å². The Balaban J connectivity index is 2.04. The lowest BCUT2D eigenvalue weighted by Crippen LogP contribution is -2.40. The maximum atomic E-state index is 12.1. The van der Waals surface area contributed by atoms with Crippen LogP contribution >= 0.6 is 11.6 Å². The Kier molecular flexibility index (Phi) is 4.50. The van der Waals surface area contributed by atoms with Crippen molar-refractivity contribution in [1.82, 2.24) is 19.2 Å². The molecular weight excluding hydrogens is 288 g/mol. The topological polar surface area (TPSA) is 67.2 Å². The van der Waals surface area contributed by atoms with Gasteiger partial charge in [0, 0.05) is 19.6 Å². The average molecular weight is 307 g/mol. The molecule has 0 unspecified atom stereocenters. The molecule has 8 heteroatoms. The van der Waals surface area contributed by atoms with Crippen LogP contribution in [0, 0.1) is 0 Å². The minimum absolute atomic E-state index is 0.0993. The van der Waals surface area contributed by atoms with Gasteiger partial charge in [0.2, 0.25) is 5.03 Å². The van der Waals surface area contributed by atoms with Crippen molar-refractivity contribution in [1.29, 1.82) is 0 Å². The first-order valence-corrected chi connectivity index (χ1v) is 8.22. The van der Waals surface area contributed by atoms with Crippen LogP contribution in [0.25, 0.3) is 0 Å². The summed E-state index contributed by atoms with van der Waals surface area (Å²) in [5.74, 6) is 0. The number of aromatic nitrogens is 2. The molecule has 2 rings (SSSR count). The zero-order valence-corrected chi connectivity index (χ0v) is 12.7. The molecule has 1 aromatic heterocycles. The molecule has 1 fully saturated rings. The molecule has 2 heterocycles. The van der Waals surface area contributed by atoms with Crippen molar-refractivity contribution < 1.29 is 8.42 Å². The summed E-state index contributed by atoms with van der Waals surface area (Å²) in [6, 6.07) is 0.266. The zero-order valence-electron chi connectivity index (χ0n) is 11.1. The van der Waals surface area contributed by atoms with E-state index in [4.69, 9.17) is 11.6 Å². The number of hydrogen-bond acceptors (Lipinski definition) is 4. The third kappa shape index (κ3) is 3.10. The highest BCUT2D eigenvalue weighted by molar-refractivity contribution is 7.89. The first-order valence-electron chi connectivity index (χ1n) is 6.36. The van der Waals surface area contributed by atoms with Crippen LogP contribution in [-0.2, 0) is 17.1 Å². The van der Waals surface area contributed by atoms with Crippen LogP contribution in [0.1, 0.15) is 19.8 Å². The second-order valence-electron chi connectivity index (χ2n) is 4.73. The van der Waals surface area contributed by atoms with Gasteiger partial charge in [-0.3, -0.25) is 4.90 Å². The van der Waals surface area contributed by atoms with Crippen LogP contribution in [0.5, 0.6) is 0 Å². The first-order chi connectivity index (χ1) is 8.95. The molecule has 108 valence electrons. The van der Waals surface area contributed by atoms with E-state index >= 15 is 0 Å². The molecule has 0 radical (unpaired) electrons. The zero-order chi connectivity index (χ0) is 14.0. The van der Waals surface area contributed by atoms with Crippen molar-refractivity contribution in [2.75, 3.05) is 19.6 Å². The summed E-state index contributed by atoms with van der Waals surface area (Å²) in [6.07, 6.45) is 3.53. The molecule has 0 amide bonds. The number of rotatable bonds is 5. The lowest BCUT2D eigenvalue weighted by Gasteiger charge is -2.22. The van der Waals surface area contributed by atoms with E-state index in [0.29, 0.717) is 6.54 Å². The van der Waals surface area contributed by atoms with Crippen LogP contribution in [-0.4, -0.2) is 48.5 Å². The molecule has 0 aromatic carbocycles. The monoisotopic (exact) mass is 306 g/mol. The van der Waals surface area contributed by atoms with E-state index in [9.17, 15) is 8.42 Å². The van der Waals surface area contributed by atoms with Gasteiger partial charge < -0.3 is 4.57 Å². The standard InChI is InChI=1S/C11H19ClN4O2S/c1-3-16-6-4-5-9(16)7-14-19(17,18)11-10(12)15(2)8-13-11/h8-9,14H,3-7H2,1-2H3/t9-/m0/s1. The highest BCUT2D eigenvalue weighted by Crippen LogP contribution is 2.20. The number of nitrogens with one attached hydrogen (secondary N) is 1. The molecule has 0 bridgehead atoms. The normalized spacial score (nSPS) is 21.1. The summed E-state index contributed by atoms with van der Waals surface area (Å²) in [6.45, 7) is 4.47. The van der Waals surface area contributed by atoms with Crippen LogP contribution in [0.2, 0.25) is 5.15 Å². The average Bonchev–Trinajstić information content (AvgIpc) is 2.95. The fourth-order valence-electron chi connectivity index (χ4n) is 2.39. The number of hydrogen-bond donors (Lipinski definition) is 1. The quantitative estimate of drug-likeness (QED) is 0.875. The lowest BCUT2D eigenvalue weighted by atomic mass is 10.2. The Morgan fingerprint density at radius 2 is 2.32 bits per heavy atom. The van der Waals surface area contributed by atoms with Crippen molar-refractivity contribution in [2.24, 2.45) is 7.05 Å². The van der Waals surface area contributed by atoms with Crippen LogP contribution < -0.4 is 4.72 Å². The van der Waals surface area contributed by atoms with Gasteiger partial charge in [0.25, 0.3) is 10.0 Å². The van der Waals surface area contributed by atoms with Crippen LogP contribution in [0.15, 0.2) is 11.4 Å². The van der Waals surface area contributed by atoms with Crippen molar-refractivity contribution in [3.63, 3.8) is 0 Å². The maximum absolute atomic E-state index is 12.1. The maximum Gasteiger partial charge on any atom is 0.261 e. The Bertz CT molecular complexity index is 543. The summed E-state index contributed by atoms with van der Waals surface area (Å²) in [4.78, 5) is 6.12. The van der Waals surface area contributed by atoms with Crippen molar-refractivity contribution in [3.05, 3.63) is 11.5 Å². The highest BCUT2D eigenvalue weighted by Gasteiger charge is 2.27. The van der Waals surface area contributed by atoms with Crippen LogP contribution in [0.3, 0.4) is 0 Å². The number of nitrogens with zero attached hydrogens (tertiary/aromatic N) is 3. The second-order valence-corrected chi connectivity index (χ2v) is 6.77. The summed E-state index contributed by atoms with van der Waals surface area (Å²) in [5, 5.41) is 0.0315. The molecule has 6 nitrogen and oxygen atoms in total. The SMILES string of the molecule is CCN1CCC[C@H]1CNS(=O)(=O)c1ncn(C)c1Cl. The summed E-state index contributed by atoms with van der Waals surface area (Å²) in [5.41, 5.74) is 0. The molecular formula is C11H19ClN4O2S. The number of sulfonamides is 1. The minimum Gasteiger partial charge on any atom is -0.324 e. The molecule has 1 aliphatic rings. The molecule has 0 spiro atoms. The lowest BCUT2D eigenvalue weighted by molar-refractivity contribution is 0.268. The van der Waals surface area contributed by atoms with Gasteiger partial charge in [0.15, 0.2) is 0 Å². The number of likely N-dealkylation sites (tertiary alicyclic amines) is 1. The van der Waals surface area contributed by atoms with Crippen molar-refractivity contribution in [3.8, 4) is 0 Å². The van der Waals surface area contributed by atoms with E-state index in [1.165, 1.54) is 10.9 Å². The molecule has 1 saturated heterocycles. The summed E-state index contributed by atoms with van der Waals surface area (Å²) in [7, 11) is -1.97. The van der Waals surface area contributed by atoms with E-state index in [1.807, 2.05) is 0 Å². The van der Waals surface area contributed by atoms with Gasteiger partial charge in [-0.15, -0.1) is 0 Å². The fraction of sp³-hybridized carbons (Fsp3) is 0.727. The third-order valence-corrected chi connectivity index (χ3v) is 5.42. The number of likely N-dealkylation sites (N-methyl/N-ethyl adjacent to an activating group) is 1. The van der Waals surface area contributed by atoms with E-state index in [2.05, 4.69) is 21.5 Å². The van der Waals surface area contributed by atoms with Gasteiger partial charge in [-0.05, 0) is 25.9 Å². The van der Waals surface area contributed by atoms with E-state index in [-0.39, 0.29) is 16.2 Å². The molecule has 1 aliphatic heterocycles. The van der Waals surface area contributed by atoms with Gasteiger partial charge in [0.05, 0.1) is 6.33 Å². The predicted octanol–water partition coefficient (Wildman–Crippen LogP) is 0.836. The van der Waals surface area contributed by atoms with Gasteiger partial charge >= 0.3 is 0 Å². The van der Waals surface area contributed by atoms with Gasteiger partial charge in [0.1, 0.15) is 5.15 Å². The Morgan fingerprint density at radius 1 is 1.58 bits per heavy atom. The van der Waals surface area contributed by atoms with Gasteiger partial charge in [-0.25, -0.2) is 18.1 Å². The Morgan fingerprint density at radius 3 is 2.89 bits per heavy atom.